The number of rotatable bonds is 7. The van der Waals surface area contributed by atoms with Crippen LogP contribution >= 0.6 is 0 Å². The fourth-order valence-electron chi connectivity index (χ4n) is 2.65. The lowest BCUT2D eigenvalue weighted by Gasteiger charge is -2.26. The molecule has 29 heavy (non-hydrogen) atoms. The molecule has 0 saturated carbocycles. The Bertz CT molecular complexity index is 914. The molecule has 0 aliphatic carbocycles. The first-order chi connectivity index (χ1) is 13.4. The second-order valence-electron chi connectivity index (χ2n) is 6.94. The van der Waals surface area contributed by atoms with E-state index in [1.807, 2.05) is 0 Å². The Labute approximate surface area is 165 Å². The van der Waals surface area contributed by atoms with Crippen LogP contribution in [0, 0.1) is 0 Å². The predicted molar refractivity (Wildman–Crippen MR) is 100 cm³/mol. The minimum atomic E-state index is -4.69. The second-order valence-corrected chi connectivity index (χ2v) is 6.94. The van der Waals surface area contributed by atoms with Gasteiger partial charge in [0.25, 0.3) is 0 Å². The molecule has 0 bridgehead atoms. The first-order valence-electron chi connectivity index (χ1n) is 8.44. The van der Waals surface area contributed by atoms with Gasteiger partial charge in [-0.3, -0.25) is 4.98 Å². The van der Waals surface area contributed by atoms with Crippen LogP contribution in [0.15, 0.2) is 42.7 Å². The topological polar surface area (TPSA) is 113 Å². The molecule has 1 atom stereocenters. The molecule has 0 fully saturated rings. The molecule has 1 amide bonds. The quantitative estimate of drug-likeness (QED) is 0.673. The van der Waals surface area contributed by atoms with Gasteiger partial charge in [-0.1, -0.05) is 5.57 Å². The van der Waals surface area contributed by atoms with Crippen molar-refractivity contribution in [3.63, 3.8) is 0 Å². The van der Waals surface area contributed by atoms with Crippen LogP contribution < -0.4 is 20.9 Å². The lowest BCUT2D eigenvalue weighted by Crippen LogP contribution is -2.42. The summed E-state index contributed by atoms with van der Waals surface area (Å²) < 4.78 is 50.7. The van der Waals surface area contributed by atoms with Gasteiger partial charge in [0.15, 0.2) is 0 Å². The standard InChI is InChI=1S/C19H21F3N4O3/c1-11(2)8-18(3,24)10-28-15-9-26-14(7-13(15)19(20,21)22)12-4-5-25-16(6-12)29-17(23)27/h4-7,9H,1,8,10,24H2,2-3H3,(H2,23,27). The number of carbonyl (C=O) groups excluding carboxylic acids is 1. The third-order valence-electron chi connectivity index (χ3n) is 3.67. The van der Waals surface area contributed by atoms with E-state index in [9.17, 15) is 18.0 Å². The molecule has 4 N–H and O–H groups in total. The van der Waals surface area contributed by atoms with Crippen molar-refractivity contribution in [1.82, 2.24) is 9.97 Å². The summed E-state index contributed by atoms with van der Waals surface area (Å²) in [5.41, 5.74) is 10.1. The van der Waals surface area contributed by atoms with E-state index >= 15 is 0 Å². The summed E-state index contributed by atoms with van der Waals surface area (Å²) in [4.78, 5) is 18.6. The van der Waals surface area contributed by atoms with E-state index in [2.05, 4.69) is 21.3 Å². The van der Waals surface area contributed by atoms with Crippen molar-refractivity contribution in [2.45, 2.75) is 32.0 Å². The molecular formula is C19H21F3N4O3. The van der Waals surface area contributed by atoms with E-state index in [1.54, 1.807) is 13.8 Å². The number of primary amides is 1. The number of hydrogen-bond donors (Lipinski definition) is 2. The van der Waals surface area contributed by atoms with Gasteiger partial charge in [0, 0.05) is 17.8 Å². The molecular weight excluding hydrogens is 389 g/mol. The van der Waals surface area contributed by atoms with Gasteiger partial charge in [-0.2, -0.15) is 13.2 Å². The Hall–Kier alpha value is -3.14. The molecule has 2 aromatic heterocycles. The third kappa shape index (κ3) is 6.46. The Kier molecular flexibility index (Phi) is 6.48. The minimum Gasteiger partial charge on any atom is -0.489 e. The zero-order valence-electron chi connectivity index (χ0n) is 15.9. The third-order valence-corrected chi connectivity index (χ3v) is 3.67. The maximum absolute atomic E-state index is 13.6. The highest BCUT2D eigenvalue weighted by atomic mass is 19.4. The van der Waals surface area contributed by atoms with Crippen LogP contribution in [-0.2, 0) is 6.18 Å². The van der Waals surface area contributed by atoms with Gasteiger partial charge in [0.1, 0.15) is 17.9 Å². The van der Waals surface area contributed by atoms with E-state index in [1.165, 1.54) is 18.3 Å². The van der Waals surface area contributed by atoms with Crippen molar-refractivity contribution in [3.8, 4) is 22.9 Å². The van der Waals surface area contributed by atoms with Crippen LogP contribution in [0.2, 0.25) is 0 Å². The average Bonchev–Trinajstić information content (AvgIpc) is 2.57. The van der Waals surface area contributed by atoms with E-state index in [0.29, 0.717) is 6.42 Å². The molecule has 0 aromatic carbocycles. The summed E-state index contributed by atoms with van der Waals surface area (Å²) in [6.07, 6.45) is -3.16. The molecule has 156 valence electrons. The molecule has 0 saturated heterocycles. The van der Waals surface area contributed by atoms with Crippen molar-refractivity contribution < 1.29 is 27.4 Å². The zero-order valence-corrected chi connectivity index (χ0v) is 15.9. The Morgan fingerprint density at radius 2 is 1.97 bits per heavy atom. The van der Waals surface area contributed by atoms with E-state index in [0.717, 1.165) is 17.8 Å². The second kappa shape index (κ2) is 8.48. The Balaban J connectivity index is 2.35. The molecule has 0 radical (unpaired) electrons. The minimum absolute atomic E-state index is 0.0150. The molecule has 7 nitrogen and oxygen atoms in total. The van der Waals surface area contributed by atoms with Crippen LogP contribution in [0.25, 0.3) is 11.3 Å². The van der Waals surface area contributed by atoms with Gasteiger partial charge in [-0.25, -0.2) is 9.78 Å². The average molecular weight is 410 g/mol. The van der Waals surface area contributed by atoms with Crippen LogP contribution in [0.5, 0.6) is 11.6 Å². The van der Waals surface area contributed by atoms with Gasteiger partial charge < -0.3 is 20.9 Å². The Morgan fingerprint density at radius 1 is 1.28 bits per heavy atom. The normalized spacial score (nSPS) is 13.4. The van der Waals surface area contributed by atoms with Crippen LogP contribution in [0.4, 0.5) is 18.0 Å². The monoisotopic (exact) mass is 410 g/mol. The summed E-state index contributed by atoms with van der Waals surface area (Å²) >= 11 is 0. The molecule has 2 heterocycles. The predicted octanol–water partition coefficient (Wildman–Crippen LogP) is 3.68. The molecule has 0 spiro atoms. The largest absolute Gasteiger partial charge is 0.489 e. The summed E-state index contributed by atoms with van der Waals surface area (Å²) in [7, 11) is 0. The fourth-order valence-corrected chi connectivity index (χ4v) is 2.65. The van der Waals surface area contributed by atoms with Crippen molar-refractivity contribution >= 4 is 6.09 Å². The fraction of sp³-hybridized carbons (Fsp3) is 0.316. The number of hydrogen-bond acceptors (Lipinski definition) is 6. The van der Waals surface area contributed by atoms with Crippen LogP contribution in [0.1, 0.15) is 25.8 Å². The Morgan fingerprint density at radius 3 is 2.55 bits per heavy atom. The molecule has 0 aliphatic rings. The highest BCUT2D eigenvalue weighted by molar-refractivity contribution is 5.69. The number of nitrogens with zero attached hydrogens (tertiary/aromatic N) is 2. The highest BCUT2D eigenvalue weighted by Gasteiger charge is 2.36. The summed E-state index contributed by atoms with van der Waals surface area (Å²) in [5, 5.41) is 0. The summed E-state index contributed by atoms with van der Waals surface area (Å²) in [6.45, 7) is 7.03. The van der Waals surface area contributed by atoms with E-state index < -0.39 is 29.1 Å². The molecule has 2 aromatic rings. The van der Waals surface area contributed by atoms with Gasteiger partial charge in [-0.05, 0) is 32.4 Å². The van der Waals surface area contributed by atoms with Crippen molar-refractivity contribution in [3.05, 3.63) is 48.3 Å². The van der Waals surface area contributed by atoms with Crippen molar-refractivity contribution in [1.29, 1.82) is 0 Å². The number of halogens is 3. The zero-order chi connectivity index (χ0) is 21.8. The number of alkyl halides is 3. The van der Waals surface area contributed by atoms with E-state index in [-0.39, 0.29) is 23.7 Å². The van der Waals surface area contributed by atoms with Gasteiger partial charge >= 0.3 is 12.3 Å². The first kappa shape index (κ1) is 22.2. The smallest absolute Gasteiger partial charge is 0.420 e. The first-order valence-corrected chi connectivity index (χ1v) is 8.44. The van der Waals surface area contributed by atoms with E-state index in [4.69, 9.17) is 16.2 Å². The molecule has 10 heteroatoms. The van der Waals surface area contributed by atoms with Gasteiger partial charge in [0.2, 0.25) is 5.88 Å². The number of pyridine rings is 2. The number of amides is 1. The molecule has 0 aliphatic heterocycles. The number of ether oxygens (including phenoxy) is 2. The lowest BCUT2D eigenvalue weighted by molar-refractivity contribution is -0.139. The van der Waals surface area contributed by atoms with Crippen LogP contribution in [0.3, 0.4) is 0 Å². The van der Waals surface area contributed by atoms with Crippen molar-refractivity contribution in [2.24, 2.45) is 11.5 Å². The number of aromatic nitrogens is 2. The van der Waals surface area contributed by atoms with Crippen LogP contribution in [-0.4, -0.2) is 28.2 Å². The summed E-state index contributed by atoms with van der Waals surface area (Å²) in [6, 6.07) is 3.50. The highest BCUT2D eigenvalue weighted by Crippen LogP contribution is 2.38. The maximum Gasteiger partial charge on any atom is 0.420 e. The van der Waals surface area contributed by atoms with Gasteiger partial charge in [-0.15, -0.1) is 6.58 Å². The maximum atomic E-state index is 13.6. The van der Waals surface area contributed by atoms with Crippen molar-refractivity contribution in [2.75, 3.05) is 6.61 Å². The molecule has 2 rings (SSSR count). The molecule has 1 unspecified atom stereocenters. The lowest BCUT2D eigenvalue weighted by atomic mass is 9.96. The number of carbonyl (C=O) groups is 1. The summed E-state index contributed by atoms with van der Waals surface area (Å²) in [5.74, 6) is -0.605. The number of nitrogens with two attached hydrogens (primary N) is 2. The SMILES string of the molecule is C=C(C)CC(C)(N)COc1cnc(-c2ccnc(OC(N)=O)c2)cc1C(F)(F)F. The van der Waals surface area contributed by atoms with Gasteiger partial charge in [0.05, 0.1) is 17.4 Å².